The molecular formula is C20H17ClN2O2. The second kappa shape index (κ2) is 5.74. The van der Waals surface area contributed by atoms with Gasteiger partial charge in [0.05, 0.1) is 5.52 Å². The van der Waals surface area contributed by atoms with Crippen LogP contribution in [0.1, 0.15) is 34.5 Å². The number of anilines is 1. The molecule has 0 saturated heterocycles. The van der Waals surface area contributed by atoms with E-state index < -0.39 is 5.91 Å². The topological polar surface area (TPSA) is 51.1 Å². The Balaban J connectivity index is 1.80. The van der Waals surface area contributed by atoms with Gasteiger partial charge in [0.2, 0.25) is 5.43 Å². The van der Waals surface area contributed by atoms with Crippen molar-refractivity contribution in [1.82, 2.24) is 4.57 Å². The van der Waals surface area contributed by atoms with Crippen LogP contribution in [-0.2, 0) is 6.42 Å². The van der Waals surface area contributed by atoms with Crippen LogP contribution in [0.2, 0.25) is 5.02 Å². The Bertz CT molecular complexity index is 1080. The number of benzene rings is 2. The van der Waals surface area contributed by atoms with E-state index in [1.165, 1.54) is 0 Å². The van der Waals surface area contributed by atoms with Crippen molar-refractivity contribution in [2.24, 2.45) is 0 Å². The molecule has 0 spiro atoms. The molecule has 5 heteroatoms. The molecule has 1 atom stereocenters. The molecule has 0 aliphatic carbocycles. The van der Waals surface area contributed by atoms with Gasteiger partial charge in [-0.15, -0.1) is 0 Å². The lowest BCUT2D eigenvalue weighted by Crippen LogP contribution is -2.23. The van der Waals surface area contributed by atoms with Crippen LogP contribution in [0.4, 0.5) is 5.69 Å². The van der Waals surface area contributed by atoms with E-state index in [0.717, 1.165) is 23.1 Å². The first-order valence-corrected chi connectivity index (χ1v) is 8.58. The Morgan fingerprint density at radius 1 is 1.28 bits per heavy atom. The van der Waals surface area contributed by atoms with E-state index in [2.05, 4.69) is 12.2 Å². The molecule has 0 saturated carbocycles. The van der Waals surface area contributed by atoms with Gasteiger partial charge in [-0.05, 0) is 49.6 Å². The number of amides is 1. The molecule has 0 bridgehead atoms. The van der Waals surface area contributed by atoms with Crippen molar-refractivity contribution >= 4 is 34.1 Å². The third-order valence-corrected chi connectivity index (χ3v) is 5.21. The fraction of sp³-hybridized carbons (Fsp3) is 0.200. The highest BCUT2D eigenvalue weighted by Gasteiger charge is 2.24. The zero-order valence-electron chi connectivity index (χ0n) is 14.0. The summed E-state index contributed by atoms with van der Waals surface area (Å²) >= 11 is 6.11. The molecule has 1 N–H and O–H groups in total. The maximum atomic E-state index is 12.8. The summed E-state index contributed by atoms with van der Waals surface area (Å²) in [5, 5.41) is 3.95. The summed E-state index contributed by atoms with van der Waals surface area (Å²) in [6.45, 7) is 3.98. The van der Waals surface area contributed by atoms with Crippen LogP contribution in [0.5, 0.6) is 0 Å². The highest BCUT2D eigenvalue weighted by atomic mass is 35.5. The normalized spacial score (nSPS) is 15.6. The first kappa shape index (κ1) is 15.9. The average Bonchev–Trinajstić information content (AvgIpc) is 2.90. The monoisotopic (exact) mass is 352 g/mol. The molecular weight excluding hydrogens is 336 g/mol. The van der Waals surface area contributed by atoms with Gasteiger partial charge >= 0.3 is 0 Å². The van der Waals surface area contributed by atoms with Gasteiger partial charge in [-0.1, -0.05) is 29.8 Å². The second-order valence-electron chi connectivity index (χ2n) is 6.56. The van der Waals surface area contributed by atoms with Crippen molar-refractivity contribution < 1.29 is 4.79 Å². The first-order valence-electron chi connectivity index (χ1n) is 8.20. The van der Waals surface area contributed by atoms with Gasteiger partial charge in [0.25, 0.3) is 5.91 Å². The van der Waals surface area contributed by atoms with E-state index >= 15 is 0 Å². The lowest BCUT2D eigenvalue weighted by Gasteiger charge is -2.13. The molecule has 126 valence electrons. The van der Waals surface area contributed by atoms with E-state index in [-0.39, 0.29) is 17.0 Å². The summed E-state index contributed by atoms with van der Waals surface area (Å²) in [5.41, 5.74) is 3.51. The predicted molar refractivity (Wildman–Crippen MR) is 101 cm³/mol. The lowest BCUT2D eigenvalue weighted by molar-refractivity contribution is 0.102. The van der Waals surface area contributed by atoms with Crippen molar-refractivity contribution in [3.05, 3.63) is 74.5 Å². The molecule has 1 aliphatic rings. The number of hydrogen-bond donors (Lipinski definition) is 1. The minimum absolute atomic E-state index is 0.148. The number of para-hydroxylation sites is 1. The van der Waals surface area contributed by atoms with Crippen molar-refractivity contribution in [2.75, 3.05) is 5.32 Å². The van der Waals surface area contributed by atoms with Crippen molar-refractivity contribution in [3.8, 4) is 0 Å². The smallest absolute Gasteiger partial charge is 0.261 e. The maximum absolute atomic E-state index is 12.8. The second-order valence-corrected chi connectivity index (χ2v) is 6.97. The summed E-state index contributed by atoms with van der Waals surface area (Å²) in [6.07, 6.45) is 2.55. The minimum atomic E-state index is -0.417. The van der Waals surface area contributed by atoms with Gasteiger partial charge in [-0.2, -0.15) is 0 Å². The highest BCUT2D eigenvalue weighted by Crippen LogP contribution is 2.31. The summed E-state index contributed by atoms with van der Waals surface area (Å²) in [6, 6.07) is 11.2. The molecule has 25 heavy (non-hydrogen) atoms. The van der Waals surface area contributed by atoms with E-state index in [1.807, 2.05) is 29.7 Å². The van der Waals surface area contributed by atoms with Gasteiger partial charge in [-0.25, -0.2) is 0 Å². The van der Waals surface area contributed by atoms with E-state index in [4.69, 9.17) is 11.6 Å². The number of aromatic nitrogens is 1. The lowest BCUT2D eigenvalue weighted by atomic mass is 10.1. The zero-order chi connectivity index (χ0) is 17.7. The van der Waals surface area contributed by atoms with Crippen LogP contribution in [-0.4, -0.2) is 10.5 Å². The number of aryl methyl sites for hydroxylation is 1. The summed E-state index contributed by atoms with van der Waals surface area (Å²) in [7, 11) is 0. The van der Waals surface area contributed by atoms with Crippen molar-refractivity contribution in [3.63, 3.8) is 0 Å². The summed E-state index contributed by atoms with van der Waals surface area (Å²) in [5.74, 6) is -0.417. The van der Waals surface area contributed by atoms with Gasteiger partial charge in [0.1, 0.15) is 5.56 Å². The van der Waals surface area contributed by atoms with Gasteiger partial charge in [-0.3, -0.25) is 9.59 Å². The molecule has 0 fully saturated rings. The Labute approximate surface area is 150 Å². The van der Waals surface area contributed by atoms with E-state index in [0.29, 0.717) is 16.1 Å². The minimum Gasteiger partial charge on any atom is -0.343 e. The highest BCUT2D eigenvalue weighted by molar-refractivity contribution is 6.31. The Kier molecular flexibility index (Phi) is 3.65. The van der Waals surface area contributed by atoms with Gasteiger partial charge in [0.15, 0.2) is 0 Å². The van der Waals surface area contributed by atoms with Crippen LogP contribution in [0, 0.1) is 6.92 Å². The third-order valence-electron chi connectivity index (χ3n) is 4.80. The van der Waals surface area contributed by atoms with Crippen LogP contribution in [0.3, 0.4) is 0 Å². The molecule has 0 unspecified atom stereocenters. The molecule has 1 amide bonds. The molecule has 4 nitrogen and oxygen atoms in total. The molecule has 0 radical (unpaired) electrons. The summed E-state index contributed by atoms with van der Waals surface area (Å²) < 4.78 is 2.03. The molecule has 4 rings (SSSR count). The number of nitrogens with zero attached hydrogens (tertiary/aromatic N) is 1. The molecule has 2 heterocycles. The molecule has 1 aromatic heterocycles. The fourth-order valence-corrected chi connectivity index (χ4v) is 3.63. The third kappa shape index (κ3) is 2.53. The van der Waals surface area contributed by atoms with Crippen molar-refractivity contribution in [2.45, 2.75) is 26.3 Å². The Hall–Kier alpha value is -2.59. The number of carbonyl (C=O) groups is 1. The van der Waals surface area contributed by atoms with Crippen molar-refractivity contribution in [1.29, 1.82) is 0 Å². The Morgan fingerprint density at radius 3 is 2.84 bits per heavy atom. The van der Waals surface area contributed by atoms with Crippen LogP contribution >= 0.6 is 11.6 Å². The van der Waals surface area contributed by atoms with Crippen LogP contribution in [0.15, 0.2) is 47.4 Å². The molecule has 2 aromatic carbocycles. The standard InChI is InChI=1S/C20H17ClN2O2/c1-11-6-7-14(9-17(11)21)22-20(25)16-10-23-12(2)8-13-4-3-5-15(18(13)23)19(16)24/h3-7,9-10,12H,8H2,1-2H3,(H,22,25)/t12-/m0/s1. The summed E-state index contributed by atoms with van der Waals surface area (Å²) in [4.78, 5) is 25.5. The SMILES string of the molecule is Cc1ccc(NC(=O)c2cn3c4c(cccc4c2=O)C[C@@H]3C)cc1Cl. The maximum Gasteiger partial charge on any atom is 0.261 e. The molecule has 1 aliphatic heterocycles. The largest absolute Gasteiger partial charge is 0.343 e. The number of rotatable bonds is 2. The van der Waals surface area contributed by atoms with Gasteiger partial charge in [0, 0.05) is 28.3 Å². The number of carbonyl (C=O) groups excluding carboxylic acids is 1. The fourth-order valence-electron chi connectivity index (χ4n) is 3.45. The van der Waals surface area contributed by atoms with E-state index in [1.54, 1.807) is 24.4 Å². The first-order chi connectivity index (χ1) is 12.0. The number of pyridine rings is 1. The van der Waals surface area contributed by atoms with Crippen LogP contribution < -0.4 is 10.7 Å². The number of hydrogen-bond acceptors (Lipinski definition) is 2. The molecule has 3 aromatic rings. The average molecular weight is 353 g/mol. The zero-order valence-corrected chi connectivity index (χ0v) is 14.7. The van der Waals surface area contributed by atoms with E-state index in [9.17, 15) is 9.59 Å². The predicted octanol–water partition coefficient (Wildman–Crippen LogP) is 4.33. The Morgan fingerprint density at radius 2 is 2.08 bits per heavy atom. The number of nitrogens with one attached hydrogen (secondary N) is 1. The number of halogens is 1. The van der Waals surface area contributed by atoms with Gasteiger partial charge < -0.3 is 9.88 Å². The quantitative estimate of drug-likeness (QED) is 0.746. The van der Waals surface area contributed by atoms with Crippen LogP contribution in [0.25, 0.3) is 10.9 Å².